The van der Waals surface area contributed by atoms with Crippen LogP contribution in [0.25, 0.3) is 16.9 Å². The molecule has 1 atom stereocenters. The van der Waals surface area contributed by atoms with Crippen molar-refractivity contribution >= 4 is 12.3 Å². The molecule has 2 aromatic heterocycles. The first-order valence-electron chi connectivity index (χ1n) is 8.22. The number of ether oxygens (including phenoxy) is 3. The molecule has 3 rings (SSSR count). The number of halogens is 2. The lowest BCUT2D eigenvalue weighted by molar-refractivity contribution is -0.170. The minimum atomic E-state index is -1.51. The van der Waals surface area contributed by atoms with E-state index >= 15 is 0 Å². The van der Waals surface area contributed by atoms with Crippen molar-refractivity contribution in [3.63, 3.8) is 0 Å². The minimum Gasteiger partial charge on any atom is -0.464 e. The van der Waals surface area contributed by atoms with Gasteiger partial charge in [0, 0.05) is 18.9 Å². The van der Waals surface area contributed by atoms with E-state index in [9.17, 15) is 18.4 Å². The molecule has 0 saturated heterocycles. The van der Waals surface area contributed by atoms with Gasteiger partial charge in [-0.2, -0.15) is 4.39 Å². The van der Waals surface area contributed by atoms with Crippen LogP contribution in [0.3, 0.4) is 0 Å². The fourth-order valence-corrected chi connectivity index (χ4v) is 2.58. The molecule has 150 valence electrons. The number of hydrogen-bond donors (Lipinski definition) is 0. The molecule has 0 aliphatic rings. The number of methoxy groups -OCH3 is 2. The van der Waals surface area contributed by atoms with Crippen molar-refractivity contribution in [3.8, 4) is 22.8 Å². The normalized spacial score (nSPS) is 11.7. The van der Waals surface area contributed by atoms with Crippen molar-refractivity contribution < 1.29 is 32.6 Å². The number of nitrogens with zero attached hydrogens (tertiary/aromatic N) is 3. The van der Waals surface area contributed by atoms with Gasteiger partial charge < -0.3 is 14.2 Å². The van der Waals surface area contributed by atoms with Crippen LogP contribution in [-0.4, -0.2) is 47.5 Å². The number of aromatic nitrogens is 3. The van der Waals surface area contributed by atoms with Crippen LogP contribution in [-0.2, 0) is 14.3 Å². The Balaban J connectivity index is 2.22. The monoisotopic (exact) mass is 403 g/mol. The Labute approximate surface area is 163 Å². The molecule has 10 heteroatoms. The molecule has 3 aromatic rings. The lowest BCUT2D eigenvalue weighted by Crippen LogP contribution is -2.30. The summed E-state index contributed by atoms with van der Waals surface area (Å²) in [5, 5.41) is 4.13. The average Bonchev–Trinajstić information content (AvgIpc) is 3.10. The highest BCUT2D eigenvalue weighted by molar-refractivity contribution is 5.89. The quantitative estimate of drug-likeness (QED) is 0.259. The summed E-state index contributed by atoms with van der Waals surface area (Å²) in [5.41, 5.74) is 0.239. The van der Waals surface area contributed by atoms with Crippen molar-refractivity contribution in [3.05, 3.63) is 59.9 Å². The van der Waals surface area contributed by atoms with Gasteiger partial charge in [-0.25, -0.2) is 18.9 Å². The van der Waals surface area contributed by atoms with Gasteiger partial charge in [0.05, 0.1) is 12.8 Å². The number of aldehydes is 1. The molecule has 0 N–H and O–H groups in total. The molecule has 8 nitrogen and oxygen atoms in total. The van der Waals surface area contributed by atoms with E-state index in [4.69, 9.17) is 9.47 Å². The largest absolute Gasteiger partial charge is 0.464 e. The van der Waals surface area contributed by atoms with Gasteiger partial charge in [-0.15, -0.1) is 5.10 Å². The zero-order chi connectivity index (χ0) is 21.0. The fourth-order valence-electron chi connectivity index (χ4n) is 2.58. The van der Waals surface area contributed by atoms with Crippen LogP contribution in [0.1, 0.15) is 10.4 Å². The number of para-hydroxylation sites is 1. The van der Waals surface area contributed by atoms with Crippen LogP contribution < -0.4 is 4.74 Å². The summed E-state index contributed by atoms with van der Waals surface area (Å²) in [6.07, 6.45) is 0.0681. The summed E-state index contributed by atoms with van der Waals surface area (Å²) in [4.78, 5) is 27.2. The number of esters is 1. The van der Waals surface area contributed by atoms with E-state index in [1.54, 1.807) is 6.07 Å². The standard InChI is InChI=1S/C19H15F2N3O5/c1-27-18(26)19(28-2)29-17-12(10-25)16(11-7-8-15(21)22-9-11)24(23-17)14-6-4-3-5-13(14)20/h3-10,19H,1-2H3/t19-/m1/s1. The van der Waals surface area contributed by atoms with Gasteiger partial charge in [0.15, 0.2) is 6.29 Å². The van der Waals surface area contributed by atoms with Crippen molar-refractivity contribution in [1.29, 1.82) is 0 Å². The zero-order valence-corrected chi connectivity index (χ0v) is 15.3. The molecule has 0 spiro atoms. The van der Waals surface area contributed by atoms with Crippen LogP contribution in [0.4, 0.5) is 8.78 Å². The molecule has 0 saturated carbocycles. The molecule has 0 fully saturated rings. The number of carbonyl (C=O) groups is 2. The SMILES string of the molecule is COC(=O)[C@H](OC)Oc1nn(-c2ccccc2F)c(-c2ccc(F)nc2)c1C=O. The highest BCUT2D eigenvalue weighted by atomic mass is 19.1. The molecule has 0 bridgehead atoms. The summed E-state index contributed by atoms with van der Waals surface area (Å²) in [5.74, 6) is -2.54. The molecule has 0 unspecified atom stereocenters. The summed E-state index contributed by atoms with van der Waals surface area (Å²) in [6, 6.07) is 8.11. The molecule has 0 aliphatic heterocycles. The van der Waals surface area contributed by atoms with Crippen LogP contribution in [0.5, 0.6) is 5.88 Å². The van der Waals surface area contributed by atoms with Gasteiger partial charge in [-0.05, 0) is 24.3 Å². The van der Waals surface area contributed by atoms with Crippen molar-refractivity contribution in [1.82, 2.24) is 14.8 Å². The van der Waals surface area contributed by atoms with Crippen LogP contribution in [0.15, 0.2) is 42.6 Å². The van der Waals surface area contributed by atoms with Crippen LogP contribution in [0.2, 0.25) is 0 Å². The van der Waals surface area contributed by atoms with Gasteiger partial charge >= 0.3 is 12.3 Å². The molecule has 29 heavy (non-hydrogen) atoms. The second-order valence-electron chi connectivity index (χ2n) is 5.63. The van der Waals surface area contributed by atoms with E-state index in [2.05, 4.69) is 14.8 Å². The predicted octanol–water partition coefficient (Wildman–Crippen LogP) is 2.55. The second-order valence-corrected chi connectivity index (χ2v) is 5.63. The van der Waals surface area contributed by atoms with Crippen LogP contribution in [0, 0.1) is 11.8 Å². The predicted molar refractivity (Wildman–Crippen MR) is 95.5 cm³/mol. The first-order valence-corrected chi connectivity index (χ1v) is 8.22. The summed E-state index contributed by atoms with van der Waals surface area (Å²) >= 11 is 0. The van der Waals surface area contributed by atoms with Gasteiger partial charge in [0.1, 0.15) is 17.1 Å². The van der Waals surface area contributed by atoms with Gasteiger partial charge in [0.25, 0.3) is 0 Å². The second kappa shape index (κ2) is 8.57. The number of pyridine rings is 1. The minimum absolute atomic E-state index is 0.00295. The topological polar surface area (TPSA) is 92.5 Å². The van der Waals surface area contributed by atoms with Crippen molar-refractivity contribution in [2.45, 2.75) is 6.29 Å². The summed E-state index contributed by atoms with van der Waals surface area (Å²) in [6.45, 7) is 0. The third-order valence-corrected chi connectivity index (χ3v) is 3.91. The highest BCUT2D eigenvalue weighted by Crippen LogP contribution is 2.33. The fraction of sp³-hybridized carbons (Fsp3) is 0.158. The molecular formula is C19H15F2N3O5. The van der Waals surface area contributed by atoms with E-state index in [-0.39, 0.29) is 28.4 Å². The molecule has 0 aliphatic carbocycles. The maximum Gasteiger partial charge on any atom is 0.376 e. The first kappa shape index (κ1) is 20.1. The lowest BCUT2D eigenvalue weighted by Gasteiger charge is -2.13. The Bertz CT molecular complexity index is 1040. The van der Waals surface area contributed by atoms with E-state index in [0.717, 1.165) is 24.1 Å². The third-order valence-electron chi connectivity index (χ3n) is 3.91. The molecule has 1 aromatic carbocycles. The summed E-state index contributed by atoms with van der Waals surface area (Å²) < 4.78 is 43.7. The Hall–Kier alpha value is -3.66. The van der Waals surface area contributed by atoms with Crippen LogP contribution >= 0.6 is 0 Å². The maximum atomic E-state index is 14.4. The van der Waals surface area contributed by atoms with Gasteiger partial charge in [0.2, 0.25) is 11.8 Å². The number of rotatable bonds is 7. The van der Waals surface area contributed by atoms with Gasteiger partial charge in [-0.3, -0.25) is 4.79 Å². The van der Waals surface area contributed by atoms with E-state index in [0.29, 0.717) is 6.29 Å². The number of carbonyl (C=O) groups excluding carboxylic acids is 2. The highest BCUT2D eigenvalue weighted by Gasteiger charge is 2.28. The smallest absolute Gasteiger partial charge is 0.376 e. The van der Waals surface area contributed by atoms with Crippen molar-refractivity contribution in [2.75, 3.05) is 14.2 Å². The molecule has 0 radical (unpaired) electrons. The Morgan fingerprint density at radius 3 is 2.52 bits per heavy atom. The van der Waals surface area contributed by atoms with E-state index in [1.807, 2.05) is 0 Å². The zero-order valence-electron chi connectivity index (χ0n) is 15.3. The van der Waals surface area contributed by atoms with E-state index < -0.39 is 24.0 Å². The maximum absolute atomic E-state index is 14.4. The average molecular weight is 403 g/mol. The molecule has 2 heterocycles. The Morgan fingerprint density at radius 2 is 1.93 bits per heavy atom. The molecule has 0 amide bonds. The third kappa shape index (κ3) is 3.97. The number of benzene rings is 1. The lowest BCUT2D eigenvalue weighted by atomic mass is 10.1. The Morgan fingerprint density at radius 1 is 1.17 bits per heavy atom. The van der Waals surface area contributed by atoms with Crippen molar-refractivity contribution in [2.24, 2.45) is 0 Å². The number of hydrogen-bond acceptors (Lipinski definition) is 7. The van der Waals surface area contributed by atoms with Gasteiger partial charge in [-0.1, -0.05) is 12.1 Å². The first-order chi connectivity index (χ1) is 14.0. The molecular weight excluding hydrogens is 388 g/mol. The Kier molecular flexibility index (Phi) is 5.93. The summed E-state index contributed by atoms with van der Waals surface area (Å²) in [7, 11) is 2.33. The van der Waals surface area contributed by atoms with E-state index in [1.165, 1.54) is 31.4 Å².